The molecule has 1 aliphatic heterocycles. The summed E-state index contributed by atoms with van der Waals surface area (Å²) in [5.74, 6) is -3.70. The molecule has 2 aliphatic rings. The molecule has 1 saturated carbocycles. The summed E-state index contributed by atoms with van der Waals surface area (Å²) < 4.78 is 5.32. The number of carbonyl (C=O) groups excluding carboxylic acids is 5. The van der Waals surface area contributed by atoms with Crippen LogP contribution in [0, 0.1) is 27.9 Å². The van der Waals surface area contributed by atoms with E-state index in [-0.39, 0.29) is 28.5 Å². The highest BCUT2D eigenvalue weighted by Crippen LogP contribution is 2.41. The minimum Gasteiger partial charge on any atom is -0.422 e. The van der Waals surface area contributed by atoms with Crippen molar-refractivity contribution in [3.8, 4) is 5.75 Å². The first-order chi connectivity index (χ1) is 19.6. The lowest BCUT2D eigenvalue weighted by atomic mass is 9.76. The molecule has 3 aromatic rings. The molecule has 0 spiro atoms. The number of fused-ring (bicyclic) bond motifs is 1. The normalized spacial score (nSPS) is 19.9. The topological polar surface area (TPSA) is 144 Å². The third kappa shape index (κ3) is 5.64. The van der Waals surface area contributed by atoms with Crippen molar-refractivity contribution in [3.05, 3.63) is 92.2 Å². The number of nitrogens with zero attached hydrogens (tertiary/aromatic N) is 3. The van der Waals surface area contributed by atoms with Crippen molar-refractivity contribution in [2.45, 2.75) is 26.2 Å². The molecule has 11 nitrogen and oxygen atoms in total. The molecular weight excluding hydrogens is 550 g/mol. The molecule has 2 heterocycles. The van der Waals surface area contributed by atoms with E-state index >= 15 is 0 Å². The van der Waals surface area contributed by atoms with E-state index < -0.39 is 52.8 Å². The van der Waals surface area contributed by atoms with Gasteiger partial charge in [0.15, 0.2) is 5.78 Å². The lowest BCUT2D eigenvalue weighted by molar-refractivity contribution is -0.384. The number of thiophene rings is 1. The molecule has 5 rings (SSSR count). The van der Waals surface area contributed by atoms with Crippen molar-refractivity contribution >= 4 is 46.5 Å². The van der Waals surface area contributed by atoms with E-state index in [2.05, 4.69) is 0 Å². The third-order valence-corrected chi connectivity index (χ3v) is 8.22. The number of ether oxygens (including phenoxy) is 1. The van der Waals surface area contributed by atoms with E-state index in [1.165, 1.54) is 47.7 Å². The van der Waals surface area contributed by atoms with Crippen molar-refractivity contribution in [2.24, 2.45) is 17.8 Å². The Bertz CT molecular complexity index is 1520. The summed E-state index contributed by atoms with van der Waals surface area (Å²) in [6.45, 7) is 1.37. The number of rotatable bonds is 8. The second-order valence-electron chi connectivity index (χ2n) is 10.1. The monoisotopic (exact) mass is 575 g/mol. The molecule has 0 radical (unpaired) electrons. The Morgan fingerprint density at radius 2 is 1.63 bits per heavy atom. The minimum atomic E-state index is -0.817. The number of amides is 3. The van der Waals surface area contributed by atoms with Crippen molar-refractivity contribution in [3.63, 3.8) is 0 Å². The first-order valence-corrected chi connectivity index (χ1v) is 13.8. The van der Waals surface area contributed by atoms with Gasteiger partial charge in [-0.25, -0.2) is 9.80 Å². The number of ketones is 1. The predicted octanol–water partition coefficient (Wildman–Crippen LogP) is 4.54. The summed E-state index contributed by atoms with van der Waals surface area (Å²) in [5, 5.41) is 14.4. The second kappa shape index (κ2) is 11.4. The van der Waals surface area contributed by atoms with Crippen molar-refractivity contribution in [1.29, 1.82) is 0 Å². The molecule has 1 saturated heterocycles. The molecule has 2 fully saturated rings. The summed E-state index contributed by atoms with van der Waals surface area (Å²) >= 11 is 1.23. The van der Waals surface area contributed by atoms with Gasteiger partial charge in [-0.05, 0) is 73.0 Å². The Morgan fingerprint density at radius 3 is 2.27 bits per heavy atom. The number of esters is 1. The fourth-order valence-corrected chi connectivity index (χ4v) is 5.81. The summed E-state index contributed by atoms with van der Waals surface area (Å²) in [5.41, 5.74) is -0.104. The zero-order valence-corrected chi connectivity index (χ0v) is 22.7. The molecule has 2 aromatic carbocycles. The molecule has 210 valence electrons. The zero-order chi connectivity index (χ0) is 29.3. The van der Waals surface area contributed by atoms with Gasteiger partial charge >= 0.3 is 5.97 Å². The molecule has 0 N–H and O–H groups in total. The van der Waals surface area contributed by atoms with Crippen LogP contribution < -0.4 is 4.74 Å². The number of imide groups is 1. The zero-order valence-electron chi connectivity index (χ0n) is 21.9. The number of nitro groups is 1. The van der Waals surface area contributed by atoms with Crippen LogP contribution in [0.5, 0.6) is 5.75 Å². The molecule has 1 aliphatic carbocycles. The van der Waals surface area contributed by atoms with Crippen LogP contribution in [0.3, 0.4) is 0 Å². The van der Waals surface area contributed by atoms with E-state index in [1.54, 1.807) is 17.5 Å². The van der Waals surface area contributed by atoms with Crippen molar-refractivity contribution in [2.75, 3.05) is 6.54 Å². The number of hydrazine groups is 1. The SMILES string of the molecule is C[C@@H]1CC[C@H]2C(=O)N(N(CC(=O)c3ccc(OC(=O)c4cccs4)cc3)C(=O)c3ccc([N+](=O)[O-])cc3)C(=O)[C@H]2C1. The second-order valence-corrected chi connectivity index (χ2v) is 11.0. The van der Waals surface area contributed by atoms with Gasteiger partial charge in [-0.2, -0.15) is 5.01 Å². The molecule has 3 atom stereocenters. The van der Waals surface area contributed by atoms with Gasteiger partial charge in [-0.3, -0.25) is 29.3 Å². The molecule has 1 aromatic heterocycles. The van der Waals surface area contributed by atoms with Gasteiger partial charge in [-0.1, -0.05) is 13.0 Å². The maximum atomic E-state index is 13.6. The Balaban J connectivity index is 1.40. The summed E-state index contributed by atoms with van der Waals surface area (Å²) in [4.78, 5) is 76.9. The third-order valence-electron chi connectivity index (χ3n) is 7.37. The first-order valence-electron chi connectivity index (χ1n) is 13.0. The van der Waals surface area contributed by atoms with Crippen LogP contribution in [0.2, 0.25) is 0 Å². The van der Waals surface area contributed by atoms with Crippen molar-refractivity contribution in [1.82, 2.24) is 10.0 Å². The molecular formula is C29H25N3O8S. The van der Waals surface area contributed by atoms with Crippen LogP contribution in [0.4, 0.5) is 5.69 Å². The van der Waals surface area contributed by atoms with Crippen LogP contribution in [0.1, 0.15) is 56.6 Å². The molecule has 3 amide bonds. The predicted molar refractivity (Wildman–Crippen MR) is 146 cm³/mol. The molecule has 0 unspecified atom stereocenters. The maximum absolute atomic E-state index is 13.6. The van der Waals surface area contributed by atoms with E-state index in [4.69, 9.17) is 4.74 Å². The Hall–Kier alpha value is -4.71. The van der Waals surface area contributed by atoms with Crippen LogP contribution in [0.25, 0.3) is 0 Å². The molecule has 41 heavy (non-hydrogen) atoms. The number of hydrogen-bond donors (Lipinski definition) is 0. The standard InChI is InChI=1S/C29H25N3O8S/c1-17-4-13-22-23(15-17)28(36)31(27(22)35)30(26(34)19-5-9-20(10-6-19)32(38)39)16-24(33)18-7-11-21(12-8-18)40-29(37)25-3-2-14-41-25/h2-3,5-12,14,17,22-23H,4,13,15-16H2,1H3/t17-,22-,23+/m1/s1. The summed E-state index contributed by atoms with van der Waals surface area (Å²) in [6.07, 6.45) is 1.78. The van der Waals surface area contributed by atoms with E-state index in [9.17, 15) is 34.1 Å². The van der Waals surface area contributed by atoms with Crippen LogP contribution >= 0.6 is 11.3 Å². The molecule has 12 heteroatoms. The van der Waals surface area contributed by atoms with Gasteiger partial charge in [0.05, 0.1) is 16.8 Å². The largest absolute Gasteiger partial charge is 0.422 e. The number of nitro benzene ring substituents is 1. The Morgan fingerprint density at radius 1 is 0.976 bits per heavy atom. The van der Waals surface area contributed by atoms with E-state index in [0.29, 0.717) is 17.7 Å². The van der Waals surface area contributed by atoms with Crippen molar-refractivity contribution < 1.29 is 33.6 Å². The number of benzene rings is 2. The first kappa shape index (κ1) is 27.8. The maximum Gasteiger partial charge on any atom is 0.353 e. The highest BCUT2D eigenvalue weighted by molar-refractivity contribution is 7.12. The Kier molecular flexibility index (Phi) is 7.75. The van der Waals surface area contributed by atoms with Gasteiger partial charge in [0, 0.05) is 23.3 Å². The van der Waals surface area contributed by atoms with Gasteiger partial charge in [0.2, 0.25) is 0 Å². The smallest absolute Gasteiger partial charge is 0.353 e. The van der Waals surface area contributed by atoms with Gasteiger partial charge in [0.1, 0.15) is 17.2 Å². The minimum absolute atomic E-state index is 0.0249. The highest BCUT2D eigenvalue weighted by Gasteiger charge is 2.52. The van der Waals surface area contributed by atoms with Gasteiger partial charge in [0.25, 0.3) is 23.4 Å². The average Bonchev–Trinajstić information content (AvgIpc) is 3.59. The highest BCUT2D eigenvalue weighted by atomic mass is 32.1. The van der Waals surface area contributed by atoms with Crippen LogP contribution in [-0.2, 0) is 9.59 Å². The Labute approximate surface area is 238 Å². The fourth-order valence-electron chi connectivity index (χ4n) is 5.21. The van der Waals surface area contributed by atoms with E-state index in [1.807, 2.05) is 6.92 Å². The van der Waals surface area contributed by atoms with Gasteiger partial charge in [-0.15, -0.1) is 11.3 Å². The number of carbonyl (C=O) groups is 5. The number of Topliss-reactive ketones (excluding diaryl/α,β-unsaturated/α-hetero) is 1. The van der Waals surface area contributed by atoms with Crippen LogP contribution in [0.15, 0.2) is 66.0 Å². The quantitative estimate of drug-likeness (QED) is 0.0951. The lowest BCUT2D eigenvalue weighted by Crippen LogP contribution is -2.52. The summed E-state index contributed by atoms with van der Waals surface area (Å²) in [7, 11) is 0. The molecule has 0 bridgehead atoms. The van der Waals surface area contributed by atoms with Crippen LogP contribution in [-0.4, -0.2) is 51.0 Å². The van der Waals surface area contributed by atoms with Gasteiger partial charge < -0.3 is 4.74 Å². The number of hydrogen-bond acceptors (Lipinski definition) is 9. The number of non-ortho nitro benzene ring substituents is 1. The van der Waals surface area contributed by atoms with E-state index in [0.717, 1.165) is 28.6 Å². The fraction of sp³-hybridized carbons (Fsp3) is 0.276. The lowest BCUT2D eigenvalue weighted by Gasteiger charge is -2.30. The average molecular weight is 576 g/mol. The summed E-state index contributed by atoms with van der Waals surface area (Å²) in [6, 6.07) is 13.8.